The SMILES string of the molecule is CCc1ccc(N(C)c2cccc(Br)n2)cc1. The van der Waals surface area contributed by atoms with Crippen LogP contribution >= 0.6 is 15.9 Å². The van der Waals surface area contributed by atoms with Gasteiger partial charge in [0.25, 0.3) is 0 Å². The van der Waals surface area contributed by atoms with E-state index in [0.29, 0.717) is 0 Å². The molecule has 0 radical (unpaired) electrons. The Morgan fingerprint density at radius 1 is 1.12 bits per heavy atom. The first kappa shape index (κ1) is 12.1. The summed E-state index contributed by atoms with van der Waals surface area (Å²) in [6.07, 6.45) is 1.07. The molecule has 17 heavy (non-hydrogen) atoms. The van der Waals surface area contributed by atoms with E-state index in [9.17, 15) is 0 Å². The normalized spacial score (nSPS) is 10.3. The van der Waals surface area contributed by atoms with Crippen LogP contribution in [0.25, 0.3) is 0 Å². The molecule has 0 spiro atoms. The minimum Gasteiger partial charge on any atom is -0.329 e. The molecule has 0 saturated heterocycles. The van der Waals surface area contributed by atoms with Crippen molar-refractivity contribution < 1.29 is 0 Å². The predicted octanol–water partition coefficient (Wildman–Crippen LogP) is 4.17. The molecule has 1 heterocycles. The molecule has 0 aliphatic heterocycles. The van der Waals surface area contributed by atoms with E-state index in [1.807, 2.05) is 25.2 Å². The summed E-state index contributed by atoms with van der Waals surface area (Å²) < 4.78 is 0.854. The van der Waals surface area contributed by atoms with Crippen molar-refractivity contribution in [1.29, 1.82) is 0 Å². The molecule has 1 aromatic heterocycles. The van der Waals surface area contributed by atoms with Crippen molar-refractivity contribution in [2.24, 2.45) is 0 Å². The van der Waals surface area contributed by atoms with Crippen molar-refractivity contribution in [2.75, 3.05) is 11.9 Å². The molecule has 0 unspecified atom stereocenters. The molecule has 3 heteroatoms. The lowest BCUT2D eigenvalue weighted by molar-refractivity contribution is 1.10. The maximum absolute atomic E-state index is 4.43. The van der Waals surface area contributed by atoms with Crippen molar-refractivity contribution in [3.8, 4) is 0 Å². The number of aromatic nitrogens is 1. The van der Waals surface area contributed by atoms with Crippen molar-refractivity contribution in [2.45, 2.75) is 13.3 Å². The van der Waals surface area contributed by atoms with Gasteiger partial charge in [-0.05, 0) is 52.2 Å². The number of hydrogen-bond acceptors (Lipinski definition) is 2. The summed E-state index contributed by atoms with van der Waals surface area (Å²) in [5.74, 6) is 0.934. The fourth-order valence-corrected chi connectivity index (χ4v) is 2.01. The number of nitrogens with zero attached hydrogens (tertiary/aromatic N) is 2. The van der Waals surface area contributed by atoms with Crippen LogP contribution in [0.4, 0.5) is 11.5 Å². The van der Waals surface area contributed by atoms with Gasteiger partial charge >= 0.3 is 0 Å². The maximum atomic E-state index is 4.43. The molecular weight excluding hydrogens is 276 g/mol. The number of rotatable bonds is 3. The highest BCUT2D eigenvalue weighted by Crippen LogP contribution is 2.23. The highest BCUT2D eigenvalue weighted by molar-refractivity contribution is 9.10. The number of anilines is 2. The molecule has 0 amide bonds. The Bertz CT molecular complexity index is 494. The Labute approximate surface area is 110 Å². The van der Waals surface area contributed by atoms with E-state index in [4.69, 9.17) is 0 Å². The van der Waals surface area contributed by atoms with E-state index < -0.39 is 0 Å². The first-order valence-corrected chi connectivity index (χ1v) is 6.45. The van der Waals surface area contributed by atoms with E-state index in [2.05, 4.69) is 57.0 Å². The quantitative estimate of drug-likeness (QED) is 0.789. The largest absolute Gasteiger partial charge is 0.329 e. The minimum absolute atomic E-state index is 0.854. The van der Waals surface area contributed by atoms with Gasteiger partial charge < -0.3 is 4.90 Å². The van der Waals surface area contributed by atoms with Gasteiger partial charge in [0.15, 0.2) is 0 Å². The fourth-order valence-electron chi connectivity index (χ4n) is 1.67. The van der Waals surface area contributed by atoms with E-state index in [1.165, 1.54) is 5.56 Å². The zero-order chi connectivity index (χ0) is 12.3. The molecule has 2 nitrogen and oxygen atoms in total. The average Bonchev–Trinajstić information content (AvgIpc) is 2.38. The Kier molecular flexibility index (Phi) is 3.79. The van der Waals surface area contributed by atoms with Gasteiger partial charge in [-0.3, -0.25) is 0 Å². The number of pyridine rings is 1. The second kappa shape index (κ2) is 5.32. The van der Waals surface area contributed by atoms with Gasteiger partial charge in [0.1, 0.15) is 10.4 Å². The summed E-state index contributed by atoms with van der Waals surface area (Å²) in [5, 5.41) is 0. The van der Waals surface area contributed by atoms with Crippen LogP contribution in [0.1, 0.15) is 12.5 Å². The molecule has 0 bridgehead atoms. The third-order valence-corrected chi connectivity index (χ3v) is 3.22. The van der Waals surface area contributed by atoms with Gasteiger partial charge in [0.2, 0.25) is 0 Å². The second-order valence-electron chi connectivity index (χ2n) is 3.90. The molecule has 2 aromatic rings. The predicted molar refractivity (Wildman–Crippen MR) is 75.8 cm³/mol. The zero-order valence-corrected chi connectivity index (χ0v) is 11.6. The number of hydrogen-bond donors (Lipinski definition) is 0. The van der Waals surface area contributed by atoms with Crippen molar-refractivity contribution >= 4 is 27.4 Å². The molecule has 2 rings (SSSR count). The molecule has 0 N–H and O–H groups in total. The Morgan fingerprint density at radius 2 is 1.82 bits per heavy atom. The maximum Gasteiger partial charge on any atom is 0.134 e. The van der Waals surface area contributed by atoms with Crippen LogP contribution in [0, 0.1) is 0 Å². The summed E-state index contributed by atoms with van der Waals surface area (Å²) in [7, 11) is 2.02. The molecule has 0 aliphatic rings. The number of aryl methyl sites for hydroxylation is 1. The monoisotopic (exact) mass is 290 g/mol. The first-order valence-electron chi connectivity index (χ1n) is 5.66. The van der Waals surface area contributed by atoms with Crippen LogP contribution in [0.15, 0.2) is 47.1 Å². The van der Waals surface area contributed by atoms with Gasteiger partial charge in [-0.2, -0.15) is 0 Å². The summed E-state index contributed by atoms with van der Waals surface area (Å²) in [6.45, 7) is 2.16. The van der Waals surface area contributed by atoms with Gasteiger partial charge in [0.05, 0.1) is 0 Å². The van der Waals surface area contributed by atoms with Crippen LogP contribution < -0.4 is 4.90 Å². The van der Waals surface area contributed by atoms with E-state index in [-0.39, 0.29) is 0 Å². The second-order valence-corrected chi connectivity index (χ2v) is 4.71. The molecule has 1 aromatic carbocycles. The Hall–Kier alpha value is -1.35. The summed E-state index contributed by atoms with van der Waals surface area (Å²) in [5.41, 5.74) is 2.50. The fraction of sp³-hybridized carbons (Fsp3) is 0.214. The Balaban J connectivity index is 2.27. The molecular formula is C14H15BrN2. The summed E-state index contributed by atoms with van der Waals surface area (Å²) >= 11 is 3.39. The Morgan fingerprint density at radius 3 is 2.41 bits per heavy atom. The molecule has 0 aliphatic carbocycles. The van der Waals surface area contributed by atoms with E-state index >= 15 is 0 Å². The highest BCUT2D eigenvalue weighted by atomic mass is 79.9. The smallest absolute Gasteiger partial charge is 0.134 e. The summed E-state index contributed by atoms with van der Waals surface area (Å²) in [6, 6.07) is 14.5. The first-order chi connectivity index (χ1) is 8.20. The van der Waals surface area contributed by atoms with E-state index in [0.717, 1.165) is 22.5 Å². The van der Waals surface area contributed by atoms with Crippen LogP contribution in [-0.4, -0.2) is 12.0 Å². The average molecular weight is 291 g/mol. The van der Waals surface area contributed by atoms with Gasteiger partial charge in [-0.1, -0.05) is 25.1 Å². The molecule has 88 valence electrons. The van der Waals surface area contributed by atoms with Gasteiger partial charge in [0, 0.05) is 12.7 Å². The summed E-state index contributed by atoms with van der Waals surface area (Å²) in [4.78, 5) is 6.51. The van der Waals surface area contributed by atoms with Crippen molar-refractivity contribution in [1.82, 2.24) is 4.98 Å². The molecule has 0 fully saturated rings. The minimum atomic E-state index is 0.854. The topological polar surface area (TPSA) is 16.1 Å². The third kappa shape index (κ3) is 2.86. The molecule has 0 saturated carbocycles. The van der Waals surface area contributed by atoms with Crippen molar-refractivity contribution in [3.63, 3.8) is 0 Å². The van der Waals surface area contributed by atoms with Crippen LogP contribution in [0.2, 0.25) is 0 Å². The van der Waals surface area contributed by atoms with Crippen LogP contribution in [-0.2, 0) is 6.42 Å². The standard InChI is InChI=1S/C14H15BrN2/c1-3-11-7-9-12(10-8-11)17(2)14-6-4-5-13(15)16-14/h4-10H,3H2,1-2H3. The zero-order valence-electron chi connectivity index (χ0n) is 10.0. The third-order valence-electron chi connectivity index (χ3n) is 2.78. The molecule has 0 atom stereocenters. The number of benzene rings is 1. The van der Waals surface area contributed by atoms with Gasteiger partial charge in [-0.25, -0.2) is 4.98 Å². The lowest BCUT2D eigenvalue weighted by Gasteiger charge is -2.18. The van der Waals surface area contributed by atoms with Crippen LogP contribution in [0.3, 0.4) is 0 Å². The number of halogens is 1. The van der Waals surface area contributed by atoms with Crippen molar-refractivity contribution in [3.05, 3.63) is 52.6 Å². The lowest BCUT2D eigenvalue weighted by atomic mass is 10.1. The van der Waals surface area contributed by atoms with Gasteiger partial charge in [-0.15, -0.1) is 0 Å². The van der Waals surface area contributed by atoms with Crippen LogP contribution in [0.5, 0.6) is 0 Å². The van der Waals surface area contributed by atoms with E-state index in [1.54, 1.807) is 0 Å². The highest BCUT2D eigenvalue weighted by Gasteiger charge is 2.05. The lowest BCUT2D eigenvalue weighted by Crippen LogP contribution is -2.10.